The fraction of sp³-hybridized carbons (Fsp3) is 0.417. The number of carbonyl (C=O) groups is 1. The van der Waals surface area contributed by atoms with E-state index in [0.717, 1.165) is 12.1 Å². The van der Waals surface area contributed by atoms with Crippen LogP contribution in [0.25, 0.3) is 0 Å². The number of methoxy groups -OCH3 is 1. The van der Waals surface area contributed by atoms with E-state index in [4.69, 9.17) is 9.47 Å². The summed E-state index contributed by atoms with van der Waals surface area (Å²) in [4.78, 5) is 11.1. The number of carbonyl (C=O) groups excluding carboxylic acids is 1. The first-order valence-electron chi connectivity index (χ1n) is 5.21. The van der Waals surface area contributed by atoms with Crippen LogP contribution in [0.5, 0.6) is 11.5 Å². The fourth-order valence-electron chi connectivity index (χ4n) is 1.32. The quantitative estimate of drug-likeness (QED) is 0.781. The van der Waals surface area contributed by atoms with E-state index in [-0.39, 0.29) is 17.6 Å². The second-order valence-corrected chi connectivity index (χ2v) is 3.89. The first-order valence-corrected chi connectivity index (χ1v) is 5.21. The molecule has 100 valence electrons. The van der Waals surface area contributed by atoms with Gasteiger partial charge < -0.3 is 9.47 Å². The van der Waals surface area contributed by atoms with Crippen LogP contribution in [0.1, 0.15) is 24.2 Å². The van der Waals surface area contributed by atoms with Gasteiger partial charge in [0.1, 0.15) is 11.5 Å². The second-order valence-electron chi connectivity index (χ2n) is 3.89. The average Bonchev–Trinajstić information content (AvgIpc) is 2.25. The largest absolute Gasteiger partial charge is 0.497 e. The fourth-order valence-corrected chi connectivity index (χ4v) is 1.32. The third-order valence-corrected chi connectivity index (χ3v) is 2.01. The molecule has 0 amide bonds. The van der Waals surface area contributed by atoms with Gasteiger partial charge in [-0.05, 0) is 26.0 Å². The summed E-state index contributed by atoms with van der Waals surface area (Å²) in [5.41, 5.74) is -0.502. The monoisotopic (exact) mass is 262 g/mol. The molecule has 1 rings (SSSR count). The molecule has 3 nitrogen and oxygen atoms in total. The van der Waals surface area contributed by atoms with Crippen LogP contribution < -0.4 is 9.47 Å². The summed E-state index contributed by atoms with van der Waals surface area (Å²) in [7, 11) is 1.30. The Morgan fingerprint density at radius 3 is 2.17 bits per heavy atom. The molecule has 0 unspecified atom stereocenters. The Morgan fingerprint density at radius 2 is 1.72 bits per heavy atom. The van der Waals surface area contributed by atoms with E-state index in [1.54, 1.807) is 13.8 Å². The molecule has 1 aromatic carbocycles. The Morgan fingerprint density at radius 1 is 1.17 bits per heavy atom. The van der Waals surface area contributed by atoms with E-state index in [9.17, 15) is 18.0 Å². The van der Waals surface area contributed by atoms with E-state index in [1.807, 2.05) is 0 Å². The highest BCUT2D eigenvalue weighted by molar-refractivity contribution is 6.00. The smallest absolute Gasteiger partial charge is 0.454 e. The van der Waals surface area contributed by atoms with Crippen molar-refractivity contribution < 1.29 is 27.4 Å². The first-order chi connectivity index (χ1) is 8.24. The highest BCUT2D eigenvalue weighted by Crippen LogP contribution is 2.28. The van der Waals surface area contributed by atoms with Gasteiger partial charge in [0.15, 0.2) is 0 Å². The Balaban J connectivity index is 3.16. The van der Waals surface area contributed by atoms with Crippen molar-refractivity contribution in [1.82, 2.24) is 0 Å². The van der Waals surface area contributed by atoms with Gasteiger partial charge in [-0.25, -0.2) is 0 Å². The summed E-state index contributed by atoms with van der Waals surface area (Å²) in [6, 6.07) is 3.51. The molecule has 0 atom stereocenters. The molecule has 0 fully saturated rings. The molecule has 0 aromatic heterocycles. The zero-order valence-corrected chi connectivity index (χ0v) is 10.2. The van der Waals surface area contributed by atoms with Gasteiger partial charge in [-0.1, -0.05) is 0 Å². The molecule has 0 aliphatic rings. The van der Waals surface area contributed by atoms with Crippen molar-refractivity contribution in [2.24, 2.45) is 0 Å². The van der Waals surface area contributed by atoms with Gasteiger partial charge >= 0.3 is 6.18 Å². The highest BCUT2D eigenvalue weighted by Gasteiger charge is 2.39. The predicted molar refractivity (Wildman–Crippen MR) is 59.1 cm³/mol. The Hall–Kier alpha value is -1.72. The van der Waals surface area contributed by atoms with Gasteiger partial charge in [-0.15, -0.1) is 0 Å². The molecule has 6 heteroatoms. The third-order valence-electron chi connectivity index (χ3n) is 2.01. The first kappa shape index (κ1) is 14.3. The number of halogens is 3. The molecule has 0 aliphatic carbocycles. The molecule has 0 radical (unpaired) electrons. The molecule has 0 bridgehead atoms. The lowest BCUT2D eigenvalue weighted by atomic mass is 10.1. The molecule has 0 heterocycles. The van der Waals surface area contributed by atoms with Crippen molar-refractivity contribution in [2.45, 2.75) is 26.1 Å². The lowest BCUT2D eigenvalue weighted by Crippen LogP contribution is -2.22. The Labute approximate surface area is 103 Å². The van der Waals surface area contributed by atoms with Crippen LogP contribution in [0.15, 0.2) is 18.2 Å². The van der Waals surface area contributed by atoms with Crippen LogP contribution in [0.2, 0.25) is 0 Å². The van der Waals surface area contributed by atoms with Crippen molar-refractivity contribution >= 4 is 5.78 Å². The van der Waals surface area contributed by atoms with Crippen LogP contribution in [0.3, 0.4) is 0 Å². The van der Waals surface area contributed by atoms with Crippen LogP contribution in [-0.2, 0) is 0 Å². The van der Waals surface area contributed by atoms with Gasteiger partial charge in [0.25, 0.3) is 5.78 Å². The minimum absolute atomic E-state index is 0.140. The van der Waals surface area contributed by atoms with Crippen molar-refractivity contribution in [1.29, 1.82) is 0 Å². The number of rotatable bonds is 4. The molecule has 0 saturated heterocycles. The van der Waals surface area contributed by atoms with Gasteiger partial charge in [-0.3, -0.25) is 4.79 Å². The second kappa shape index (κ2) is 5.29. The summed E-state index contributed by atoms with van der Waals surface area (Å²) < 4.78 is 47.1. The maximum absolute atomic E-state index is 12.3. The molecule has 1 aromatic rings. The molecule has 18 heavy (non-hydrogen) atoms. The number of ketones is 1. The van der Waals surface area contributed by atoms with Gasteiger partial charge in [0, 0.05) is 11.6 Å². The number of ether oxygens (including phenoxy) is 2. The lowest BCUT2D eigenvalue weighted by molar-refractivity contribution is -0.0885. The van der Waals surface area contributed by atoms with E-state index < -0.39 is 17.5 Å². The summed E-state index contributed by atoms with van der Waals surface area (Å²) >= 11 is 0. The average molecular weight is 262 g/mol. The summed E-state index contributed by atoms with van der Waals surface area (Å²) in [5, 5.41) is 0. The SMILES string of the molecule is COc1cc(OC(C)C)cc(C(=O)C(F)(F)F)c1. The van der Waals surface area contributed by atoms with Crippen molar-refractivity contribution in [2.75, 3.05) is 7.11 Å². The van der Waals surface area contributed by atoms with E-state index in [0.29, 0.717) is 0 Å². The molecular weight excluding hydrogens is 249 g/mol. The van der Waals surface area contributed by atoms with Crippen LogP contribution in [0.4, 0.5) is 13.2 Å². The minimum Gasteiger partial charge on any atom is -0.497 e. The standard InChI is InChI=1S/C12H13F3O3/c1-7(2)18-10-5-8(4-9(6-10)17-3)11(16)12(13,14)15/h4-7H,1-3H3. The van der Waals surface area contributed by atoms with E-state index in [2.05, 4.69) is 0 Å². The van der Waals surface area contributed by atoms with Crippen molar-refractivity contribution in [3.8, 4) is 11.5 Å². The molecular formula is C12H13F3O3. The number of hydrogen-bond donors (Lipinski definition) is 0. The molecule has 0 saturated carbocycles. The van der Waals surface area contributed by atoms with Crippen LogP contribution in [0, 0.1) is 0 Å². The Bertz CT molecular complexity index is 439. The van der Waals surface area contributed by atoms with Gasteiger partial charge in [0.05, 0.1) is 13.2 Å². The summed E-state index contributed by atoms with van der Waals surface area (Å²) in [6.45, 7) is 3.45. The number of hydrogen-bond acceptors (Lipinski definition) is 3. The summed E-state index contributed by atoms with van der Waals surface area (Å²) in [5.74, 6) is -1.62. The van der Waals surface area contributed by atoms with Gasteiger partial charge in [0.2, 0.25) is 0 Å². The lowest BCUT2D eigenvalue weighted by Gasteiger charge is -2.13. The maximum atomic E-state index is 12.3. The zero-order valence-electron chi connectivity index (χ0n) is 10.2. The van der Waals surface area contributed by atoms with Gasteiger partial charge in [-0.2, -0.15) is 13.2 Å². The maximum Gasteiger partial charge on any atom is 0.454 e. The van der Waals surface area contributed by atoms with E-state index in [1.165, 1.54) is 13.2 Å². The highest BCUT2D eigenvalue weighted by atomic mass is 19.4. The van der Waals surface area contributed by atoms with Crippen molar-refractivity contribution in [3.63, 3.8) is 0 Å². The van der Waals surface area contributed by atoms with Crippen LogP contribution in [-0.4, -0.2) is 25.2 Å². The predicted octanol–water partition coefficient (Wildman–Crippen LogP) is 3.23. The Kier molecular flexibility index (Phi) is 4.21. The normalized spacial score (nSPS) is 11.5. The minimum atomic E-state index is -4.92. The number of Topliss-reactive ketones (excluding diaryl/α,β-unsaturated/α-hetero) is 1. The third kappa shape index (κ3) is 3.65. The zero-order chi connectivity index (χ0) is 13.9. The van der Waals surface area contributed by atoms with Crippen LogP contribution >= 0.6 is 0 Å². The molecule has 0 aliphatic heterocycles. The number of benzene rings is 1. The molecule has 0 N–H and O–H groups in total. The van der Waals surface area contributed by atoms with E-state index >= 15 is 0 Å². The summed E-state index contributed by atoms with van der Waals surface area (Å²) in [6.07, 6.45) is -5.13. The van der Waals surface area contributed by atoms with Crippen molar-refractivity contribution in [3.05, 3.63) is 23.8 Å². The molecule has 0 spiro atoms. The number of alkyl halides is 3. The topological polar surface area (TPSA) is 35.5 Å².